The van der Waals surface area contributed by atoms with Crippen LogP contribution < -0.4 is 0 Å². The Bertz CT molecular complexity index is 207. The van der Waals surface area contributed by atoms with Gasteiger partial charge >= 0.3 is 0 Å². The van der Waals surface area contributed by atoms with E-state index in [0.29, 0.717) is 5.92 Å². The number of nitrogens with zero attached hydrogens (tertiary/aromatic N) is 1. The highest BCUT2D eigenvalue weighted by Crippen LogP contribution is 2.20. The number of aromatic nitrogens is 1. The van der Waals surface area contributed by atoms with Gasteiger partial charge in [-0.3, -0.25) is 0 Å². The van der Waals surface area contributed by atoms with Crippen molar-refractivity contribution in [3.05, 3.63) is 17.8 Å². The van der Waals surface area contributed by atoms with Gasteiger partial charge in [-0.1, -0.05) is 13.8 Å². The van der Waals surface area contributed by atoms with Crippen molar-refractivity contribution in [2.24, 2.45) is 0 Å². The normalized spacial score (nSPS) is 13.9. The summed E-state index contributed by atoms with van der Waals surface area (Å²) in [4.78, 5) is 4.27. The number of oxazole rings is 1. The monoisotopic (exact) mass is 171 g/mol. The van der Waals surface area contributed by atoms with Gasteiger partial charge in [-0.15, -0.1) is 0 Å². The van der Waals surface area contributed by atoms with Crippen molar-refractivity contribution in [2.75, 3.05) is 0 Å². The molecular formula is C8H13NOS. The van der Waals surface area contributed by atoms with Crippen LogP contribution in [0.3, 0.4) is 0 Å². The maximum Gasteiger partial charge on any atom is 0.196 e. The van der Waals surface area contributed by atoms with Crippen molar-refractivity contribution in [3.63, 3.8) is 0 Å². The molecule has 0 saturated heterocycles. The first-order chi connectivity index (χ1) is 5.11. The third-order valence-corrected chi connectivity index (χ3v) is 1.73. The maximum absolute atomic E-state index is 5.23. The summed E-state index contributed by atoms with van der Waals surface area (Å²) >= 11 is 4.25. The minimum absolute atomic E-state index is 0.159. The van der Waals surface area contributed by atoms with Crippen molar-refractivity contribution in [3.8, 4) is 0 Å². The summed E-state index contributed by atoms with van der Waals surface area (Å²) in [5.41, 5.74) is 0.914. The smallest absolute Gasteiger partial charge is 0.196 e. The van der Waals surface area contributed by atoms with Crippen molar-refractivity contribution in [2.45, 2.75) is 31.9 Å². The summed E-state index contributed by atoms with van der Waals surface area (Å²) in [7, 11) is 0. The molecule has 0 spiro atoms. The van der Waals surface area contributed by atoms with Gasteiger partial charge in [0.15, 0.2) is 5.89 Å². The molecule has 1 rings (SSSR count). The molecule has 1 atom stereocenters. The van der Waals surface area contributed by atoms with Crippen LogP contribution in [0.25, 0.3) is 0 Å². The maximum atomic E-state index is 5.23. The summed E-state index contributed by atoms with van der Waals surface area (Å²) in [6.45, 7) is 6.09. The van der Waals surface area contributed by atoms with E-state index in [1.165, 1.54) is 0 Å². The van der Waals surface area contributed by atoms with Crippen LogP contribution in [0, 0.1) is 0 Å². The Morgan fingerprint density at radius 1 is 1.45 bits per heavy atom. The van der Waals surface area contributed by atoms with Crippen LogP contribution in [-0.4, -0.2) is 4.98 Å². The van der Waals surface area contributed by atoms with E-state index < -0.39 is 0 Å². The zero-order chi connectivity index (χ0) is 8.43. The zero-order valence-corrected chi connectivity index (χ0v) is 7.93. The van der Waals surface area contributed by atoms with E-state index >= 15 is 0 Å². The lowest BCUT2D eigenvalue weighted by Gasteiger charge is -1.96. The van der Waals surface area contributed by atoms with Crippen LogP contribution in [-0.2, 0) is 0 Å². The number of thiol groups is 1. The molecule has 1 aromatic heterocycles. The fraction of sp³-hybridized carbons (Fsp3) is 0.625. The van der Waals surface area contributed by atoms with Gasteiger partial charge < -0.3 is 4.42 Å². The van der Waals surface area contributed by atoms with Crippen molar-refractivity contribution in [1.29, 1.82) is 0 Å². The third kappa shape index (κ3) is 1.99. The van der Waals surface area contributed by atoms with E-state index in [-0.39, 0.29) is 5.25 Å². The molecule has 62 valence electrons. The summed E-state index contributed by atoms with van der Waals surface area (Å²) in [5, 5.41) is 0.159. The molecule has 0 aliphatic rings. The average molecular weight is 171 g/mol. The molecule has 1 heterocycles. The first-order valence-corrected chi connectivity index (χ1v) is 4.26. The standard InChI is InChI=1S/C8H13NOS/c1-5(2)8-9-7(4-10-8)6(3)11/h4-6,11H,1-3H3. The molecule has 11 heavy (non-hydrogen) atoms. The summed E-state index contributed by atoms with van der Waals surface area (Å²) in [5.74, 6) is 1.15. The first-order valence-electron chi connectivity index (χ1n) is 3.74. The Morgan fingerprint density at radius 2 is 2.09 bits per heavy atom. The average Bonchev–Trinajstić information content (AvgIpc) is 2.33. The largest absolute Gasteiger partial charge is 0.448 e. The van der Waals surface area contributed by atoms with Gasteiger partial charge in [-0.05, 0) is 6.92 Å². The molecular weight excluding hydrogens is 158 g/mol. The molecule has 0 aliphatic carbocycles. The Kier molecular flexibility index (Phi) is 2.60. The SMILES string of the molecule is CC(C)c1nc(C(C)S)co1. The van der Waals surface area contributed by atoms with Gasteiger partial charge in [-0.2, -0.15) is 12.6 Å². The molecule has 2 nitrogen and oxygen atoms in total. The van der Waals surface area contributed by atoms with Gasteiger partial charge in [0.25, 0.3) is 0 Å². The third-order valence-electron chi connectivity index (χ3n) is 1.46. The van der Waals surface area contributed by atoms with Crippen molar-refractivity contribution in [1.82, 2.24) is 4.98 Å². The van der Waals surface area contributed by atoms with Crippen LogP contribution in [0.5, 0.6) is 0 Å². The lowest BCUT2D eigenvalue weighted by atomic mass is 10.2. The van der Waals surface area contributed by atoms with Crippen molar-refractivity contribution < 1.29 is 4.42 Å². The van der Waals surface area contributed by atoms with E-state index in [0.717, 1.165) is 11.6 Å². The fourth-order valence-corrected chi connectivity index (χ4v) is 0.876. The van der Waals surface area contributed by atoms with Crippen LogP contribution in [0.15, 0.2) is 10.7 Å². The number of rotatable bonds is 2. The molecule has 1 aromatic rings. The van der Waals surface area contributed by atoms with Gasteiger partial charge in [0, 0.05) is 11.2 Å². The molecule has 0 saturated carbocycles. The van der Waals surface area contributed by atoms with Crippen LogP contribution >= 0.6 is 12.6 Å². The van der Waals surface area contributed by atoms with Gasteiger partial charge in [0.2, 0.25) is 0 Å². The summed E-state index contributed by atoms with van der Waals surface area (Å²) in [6, 6.07) is 0. The van der Waals surface area contributed by atoms with E-state index in [1.807, 2.05) is 6.92 Å². The molecule has 0 bridgehead atoms. The number of hydrogen-bond donors (Lipinski definition) is 1. The molecule has 0 aliphatic heterocycles. The van der Waals surface area contributed by atoms with Gasteiger partial charge in [-0.25, -0.2) is 4.98 Å². The minimum Gasteiger partial charge on any atom is -0.448 e. The quantitative estimate of drug-likeness (QED) is 0.692. The molecule has 0 N–H and O–H groups in total. The summed E-state index contributed by atoms with van der Waals surface area (Å²) in [6.07, 6.45) is 1.67. The summed E-state index contributed by atoms with van der Waals surface area (Å²) < 4.78 is 5.23. The fourth-order valence-electron chi connectivity index (χ4n) is 0.758. The molecule has 0 fully saturated rings. The molecule has 0 aromatic carbocycles. The molecule has 0 radical (unpaired) electrons. The lowest BCUT2D eigenvalue weighted by molar-refractivity contribution is 0.470. The minimum atomic E-state index is 0.159. The highest BCUT2D eigenvalue weighted by Gasteiger charge is 2.09. The van der Waals surface area contributed by atoms with E-state index in [9.17, 15) is 0 Å². The Morgan fingerprint density at radius 3 is 2.36 bits per heavy atom. The predicted molar refractivity (Wildman–Crippen MR) is 48.0 cm³/mol. The predicted octanol–water partition coefficient (Wildman–Crippen LogP) is 2.79. The zero-order valence-electron chi connectivity index (χ0n) is 7.03. The Balaban J connectivity index is 2.82. The second kappa shape index (κ2) is 3.30. The van der Waals surface area contributed by atoms with Crippen LogP contribution in [0.4, 0.5) is 0 Å². The second-order valence-electron chi connectivity index (χ2n) is 2.94. The van der Waals surface area contributed by atoms with E-state index in [4.69, 9.17) is 4.42 Å². The van der Waals surface area contributed by atoms with Gasteiger partial charge in [0.1, 0.15) is 6.26 Å². The van der Waals surface area contributed by atoms with Gasteiger partial charge in [0.05, 0.1) is 5.69 Å². The molecule has 1 unspecified atom stereocenters. The van der Waals surface area contributed by atoms with E-state index in [2.05, 4.69) is 31.5 Å². The van der Waals surface area contributed by atoms with Crippen molar-refractivity contribution >= 4 is 12.6 Å². The first kappa shape index (κ1) is 8.65. The van der Waals surface area contributed by atoms with Crippen LogP contribution in [0.1, 0.15) is 43.5 Å². The topological polar surface area (TPSA) is 26.0 Å². The van der Waals surface area contributed by atoms with E-state index in [1.54, 1.807) is 6.26 Å². The highest BCUT2D eigenvalue weighted by atomic mass is 32.1. The Labute approximate surface area is 72.4 Å². The number of hydrogen-bond acceptors (Lipinski definition) is 3. The molecule has 0 amide bonds. The Hall–Kier alpha value is -0.440. The lowest BCUT2D eigenvalue weighted by Crippen LogP contribution is -1.89. The second-order valence-corrected chi connectivity index (χ2v) is 3.72. The molecule has 3 heteroatoms. The highest BCUT2D eigenvalue weighted by molar-refractivity contribution is 7.80. The van der Waals surface area contributed by atoms with Crippen LogP contribution in [0.2, 0.25) is 0 Å².